The number of rotatable bonds is 4. The van der Waals surface area contributed by atoms with Crippen LogP contribution in [0.3, 0.4) is 0 Å². The number of carbonyl (C=O) groups is 1. The van der Waals surface area contributed by atoms with E-state index in [1.807, 2.05) is 37.3 Å². The first-order valence-electron chi connectivity index (χ1n) is 6.75. The van der Waals surface area contributed by atoms with Crippen LogP contribution in [0.5, 0.6) is 0 Å². The summed E-state index contributed by atoms with van der Waals surface area (Å²) < 4.78 is 0. The van der Waals surface area contributed by atoms with Crippen LogP contribution in [0.25, 0.3) is 0 Å². The highest BCUT2D eigenvalue weighted by Crippen LogP contribution is 2.23. The Labute approximate surface area is 114 Å². The lowest BCUT2D eigenvalue weighted by Crippen LogP contribution is -2.40. The summed E-state index contributed by atoms with van der Waals surface area (Å²) in [4.78, 5) is 13.2. The lowest BCUT2D eigenvalue weighted by molar-refractivity contribution is -0.119. The second kappa shape index (κ2) is 5.72. The largest absolute Gasteiger partial charge is 0.384 e. The molecule has 1 amide bonds. The van der Waals surface area contributed by atoms with E-state index >= 15 is 0 Å². The van der Waals surface area contributed by atoms with Crippen LogP contribution in [-0.4, -0.2) is 41.6 Å². The Hall–Kier alpha value is -1.39. The first kappa shape index (κ1) is 14.0. The monoisotopic (exact) mass is 262 g/mol. The predicted molar refractivity (Wildman–Crippen MR) is 74.7 cm³/mol. The number of hydrogen-bond acceptors (Lipinski definition) is 3. The highest BCUT2D eigenvalue weighted by molar-refractivity contribution is 5.73. The van der Waals surface area contributed by atoms with Crippen molar-refractivity contribution in [1.82, 2.24) is 10.2 Å². The van der Waals surface area contributed by atoms with Crippen molar-refractivity contribution in [3.63, 3.8) is 0 Å². The van der Waals surface area contributed by atoms with E-state index in [-0.39, 0.29) is 11.9 Å². The number of nitrogens with one attached hydrogen (secondary N) is 1. The second-order valence-corrected chi connectivity index (χ2v) is 5.56. The second-order valence-electron chi connectivity index (χ2n) is 5.56. The van der Waals surface area contributed by atoms with E-state index in [9.17, 15) is 9.90 Å². The Morgan fingerprint density at radius 3 is 2.79 bits per heavy atom. The van der Waals surface area contributed by atoms with E-state index < -0.39 is 5.60 Å². The number of amides is 1. The fraction of sp³-hybridized carbons (Fsp3) is 0.533. The molecule has 2 atom stereocenters. The molecule has 1 heterocycles. The van der Waals surface area contributed by atoms with Gasteiger partial charge in [-0.1, -0.05) is 30.3 Å². The van der Waals surface area contributed by atoms with Crippen LogP contribution in [0.2, 0.25) is 0 Å². The molecular formula is C15H22N2O2. The number of aliphatic hydroxyl groups is 1. The van der Waals surface area contributed by atoms with E-state index in [1.54, 1.807) is 6.92 Å². The third-order valence-corrected chi connectivity index (χ3v) is 3.61. The topological polar surface area (TPSA) is 52.6 Å². The molecule has 0 radical (unpaired) electrons. The Morgan fingerprint density at radius 1 is 1.47 bits per heavy atom. The van der Waals surface area contributed by atoms with Gasteiger partial charge in [-0.2, -0.15) is 0 Å². The van der Waals surface area contributed by atoms with E-state index in [0.717, 1.165) is 25.1 Å². The highest BCUT2D eigenvalue weighted by atomic mass is 16.3. The summed E-state index contributed by atoms with van der Waals surface area (Å²) in [5.41, 5.74) is 0.0739. The van der Waals surface area contributed by atoms with E-state index in [2.05, 4.69) is 10.2 Å². The molecule has 1 saturated heterocycles. The van der Waals surface area contributed by atoms with Crippen LogP contribution in [0, 0.1) is 0 Å². The van der Waals surface area contributed by atoms with Crippen molar-refractivity contribution >= 4 is 5.91 Å². The zero-order chi connectivity index (χ0) is 13.9. The van der Waals surface area contributed by atoms with Crippen molar-refractivity contribution in [2.45, 2.75) is 31.9 Å². The van der Waals surface area contributed by atoms with Gasteiger partial charge in [0.15, 0.2) is 0 Å². The third kappa shape index (κ3) is 3.78. The number of likely N-dealkylation sites (tertiary alicyclic amines) is 1. The molecule has 0 spiro atoms. The SMILES string of the molecule is CC(=O)NC1CCN(CC(C)(O)c2ccccc2)C1. The minimum absolute atomic E-state index is 0.0154. The average Bonchev–Trinajstić information content (AvgIpc) is 2.76. The van der Waals surface area contributed by atoms with Crippen LogP contribution >= 0.6 is 0 Å². The van der Waals surface area contributed by atoms with E-state index in [4.69, 9.17) is 0 Å². The maximum absolute atomic E-state index is 11.0. The molecule has 1 aromatic carbocycles. The summed E-state index contributed by atoms with van der Waals surface area (Å²) >= 11 is 0. The lowest BCUT2D eigenvalue weighted by atomic mass is 9.95. The molecule has 0 bridgehead atoms. The molecule has 4 heteroatoms. The van der Waals surface area contributed by atoms with Crippen LogP contribution in [0.4, 0.5) is 0 Å². The molecule has 1 aliphatic rings. The van der Waals surface area contributed by atoms with Crippen LogP contribution in [0.15, 0.2) is 30.3 Å². The molecular weight excluding hydrogens is 240 g/mol. The molecule has 0 aromatic heterocycles. The molecule has 1 aliphatic heterocycles. The highest BCUT2D eigenvalue weighted by Gasteiger charge is 2.30. The molecule has 2 unspecified atom stereocenters. The minimum Gasteiger partial charge on any atom is -0.384 e. The van der Waals surface area contributed by atoms with Gasteiger partial charge in [0.05, 0.1) is 5.60 Å². The van der Waals surface area contributed by atoms with Crippen molar-refractivity contribution in [3.8, 4) is 0 Å². The van der Waals surface area contributed by atoms with Gasteiger partial charge in [-0.3, -0.25) is 9.69 Å². The first-order valence-corrected chi connectivity index (χ1v) is 6.75. The first-order chi connectivity index (χ1) is 8.97. The minimum atomic E-state index is -0.855. The molecule has 0 saturated carbocycles. The Kier molecular flexibility index (Phi) is 4.22. The summed E-state index contributed by atoms with van der Waals surface area (Å²) in [6.07, 6.45) is 0.949. The van der Waals surface area contributed by atoms with E-state index in [1.165, 1.54) is 0 Å². The van der Waals surface area contributed by atoms with Crippen LogP contribution in [-0.2, 0) is 10.4 Å². The zero-order valence-electron chi connectivity index (χ0n) is 11.6. The van der Waals surface area contributed by atoms with Crippen molar-refractivity contribution in [2.75, 3.05) is 19.6 Å². The average molecular weight is 262 g/mol. The lowest BCUT2D eigenvalue weighted by Gasteiger charge is -2.29. The maximum atomic E-state index is 11.0. The van der Waals surface area contributed by atoms with Gasteiger partial charge in [-0.15, -0.1) is 0 Å². The number of β-amino-alcohol motifs (C(OH)–C–C–N with tert-alkyl or cyclic N) is 1. The predicted octanol–water partition coefficient (Wildman–Crippen LogP) is 1.10. The summed E-state index contributed by atoms with van der Waals surface area (Å²) in [5, 5.41) is 13.5. The smallest absolute Gasteiger partial charge is 0.217 e. The van der Waals surface area contributed by atoms with E-state index in [0.29, 0.717) is 6.54 Å². The molecule has 1 aromatic rings. The summed E-state index contributed by atoms with van der Waals surface area (Å²) in [6, 6.07) is 9.93. The van der Waals surface area contributed by atoms with Crippen molar-refractivity contribution < 1.29 is 9.90 Å². The van der Waals surface area contributed by atoms with Crippen molar-refractivity contribution in [2.24, 2.45) is 0 Å². The summed E-state index contributed by atoms with van der Waals surface area (Å²) in [5.74, 6) is 0.0154. The summed E-state index contributed by atoms with van der Waals surface area (Å²) in [7, 11) is 0. The van der Waals surface area contributed by atoms with Gasteiger partial charge < -0.3 is 10.4 Å². The Bertz CT molecular complexity index is 431. The molecule has 1 fully saturated rings. The van der Waals surface area contributed by atoms with Gasteiger partial charge in [0.25, 0.3) is 0 Å². The summed E-state index contributed by atoms with van der Waals surface area (Å²) in [6.45, 7) is 5.69. The van der Waals surface area contributed by atoms with Crippen LogP contribution in [0.1, 0.15) is 25.8 Å². The number of benzene rings is 1. The Balaban J connectivity index is 1.93. The number of carbonyl (C=O) groups excluding carboxylic acids is 1. The molecule has 104 valence electrons. The number of nitrogens with zero attached hydrogens (tertiary/aromatic N) is 1. The third-order valence-electron chi connectivity index (χ3n) is 3.61. The van der Waals surface area contributed by atoms with Gasteiger partial charge >= 0.3 is 0 Å². The molecule has 2 N–H and O–H groups in total. The molecule has 4 nitrogen and oxygen atoms in total. The van der Waals surface area contributed by atoms with Gasteiger partial charge in [0, 0.05) is 32.6 Å². The van der Waals surface area contributed by atoms with Gasteiger partial charge in [-0.25, -0.2) is 0 Å². The molecule has 2 rings (SSSR count). The quantitative estimate of drug-likeness (QED) is 0.854. The zero-order valence-corrected chi connectivity index (χ0v) is 11.6. The normalized spacial score (nSPS) is 23.0. The van der Waals surface area contributed by atoms with Crippen molar-refractivity contribution in [1.29, 1.82) is 0 Å². The standard InChI is InChI=1S/C15H22N2O2/c1-12(18)16-14-8-9-17(10-14)11-15(2,19)13-6-4-3-5-7-13/h3-7,14,19H,8-11H2,1-2H3,(H,16,18). The van der Waals surface area contributed by atoms with Gasteiger partial charge in [-0.05, 0) is 18.9 Å². The fourth-order valence-corrected chi connectivity index (χ4v) is 2.71. The number of hydrogen-bond donors (Lipinski definition) is 2. The van der Waals surface area contributed by atoms with Gasteiger partial charge in [0.1, 0.15) is 0 Å². The van der Waals surface area contributed by atoms with Crippen molar-refractivity contribution in [3.05, 3.63) is 35.9 Å². The van der Waals surface area contributed by atoms with Crippen LogP contribution < -0.4 is 5.32 Å². The molecule has 19 heavy (non-hydrogen) atoms. The maximum Gasteiger partial charge on any atom is 0.217 e. The fourth-order valence-electron chi connectivity index (χ4n) is 2.71. The van der Waals surface area contributed by atoms with Gasteiger partial charge in [0.2, 0.25) is 5.91 Å². The Morgan fingerprint density at radius 2 is 2.16 bits per heavy atom. The molecule has 0 aliphatic carbocycles.